The minimum Gasteiger partial charge on any atom is -0.287 e. The molecule has 0 N–H and O–H groups in total. The van der Waals surface area contributed by atoms with Gasteiger partial charge in [-0.25, -0.2) is 8.78 Å². The fourth-order valence-electron chi connectivity index (χ4n) is 2.77. The van der Waals surface area contributed by atoms with Crippen molar-refractivity contribution in [2.75, 3.05) is 0 Å². The molecule has 0 spiro atoms. The van der Waals surface area contributed by atoms with Crippen LogP contribution < -0.4 is 0 Å². The third kappa shape index (κ3) is 2.64. The first-order valence-corrected chi connectivity index (χ1v) is 8.00. The molecular weight excluding hydrogens is 290 g/mol. The minimum atomic E-state index is -0.785. The number of hydrogen-bond acceptors (Lipinski definition) is 2. The summed E-state index contributed by atoms with van der Waals surface area (Å²) in [5, 5.41) is 0. The molecule has 4 heteroatoms. The molecule has 1 nitrogen and oxygen atoms in total. The molecule has 0 unspecified atom stereocenters. The number of rotatable bonds is 2. The normalized spacial score (nSPS) is 14.6. The molecule has 0 aliphatic heterocycles. The van der Waals surface area contributed by atoms with Crippen molar-refractivity contribution in [2.45, 2.75) is 39.0 Å². The number of hydrogen-bond donors (Lipinski definition) is 0. The van der Waals surface area contributed by atoms with Crippen LogP contribution in [-0.2, 0) is 12.8 Å². The van der Waals surface area contributed by atoms with Crippen LogP contribution in [0, 0.1) is 18.6 Å². The Kier molecular flexibility index (Phi) is 3.89. The van der Waals surface area contributed by atoms with Crippen molar-refractivity contribution in [1.29, 1.82) is 0 Å². The van der Waals surface area contributed by atoms with E-state index >= 15 is 0 Å². The standard InChI is InChI=1S/C17H16F2OS/c1-10-7-8-12(18)15(16(10)19)17(20)14-9-11-5-3-2-4-6-13(11)21-14/h7-9H,2-6H2,1H3. The van der Waals surface area contributed by atoms with Crippen LogP contribution in [0.3, 0.4) is 0 Å². The van der Waals surface area contributed by atoms with Crippen molar-refractivity contribution in [2.24, 2.45) is 0 Å². The molecule has 21 heavy (non-hydrogen) atoms. The number of halogens is 2. The Labute approximate surface area is 126 Å². The number of carbonyl (C=O) groups excluding carboxylic acids is 1. The molecule has 1 aromatic heterocycles. The van der Waals surface area contributed by atoms with E-state index < -0.39 is 23.0 Å². The molecule has 0 atom stereocenters. The summed E-state index contributed by atoms with van der Waals surface area (Å²) in [6.45, 7) is 1.54. The maximum absolute atomic E-state index is 14.1. The molecule has 1 aliphatic rings. The fraction of sp³-hybridized carbons (Fsp3) is 0.353. The SMILES string of the molecule is Cc1ccc(F)c(C(=O)c2cc3c(s2)CCCCC3)c1F. The lowest BCUT2D eigenvalue weighted by Gasteiger charge is -2.05. The summed E-state index contributed by atoms with van der Waals surface area (Å²) in [4.78, 5) is 14.1. The first kappa shape index (κ1) is 14.4. The second-order valence-corrected chi connectivity index (χ2v) is 6.64. The molecule has 0 amide bonds. The van der Waals surface area contributed by atoms with Gasteiger partial charge in [0.2, 0.25) is 5.78 Å². The highest BCUT2D eigenvalue weighted by atomic mass is 32.1. The lowest BCUT2D eigenvalue weighted by atomic mass is 10.0. The molecule has 1 aliphatic carbocycles. The van der Waals surface area contributed by atoms with Gasteiger partial charge in [-0.2, -0.15) is 0 Å². The van der Waals surface area contributed by atoms with Crippen molar-refractivity contribution >= 4 is 17.1 Å². The number of fused-ring (bicyclic) bond motifs is 1. The van der Waals surface area contributed by atoms with Gasteiger partial charge in [-0.1, -0.05) is 12.5 Å². The predicted molar refractivity (Wildman–Crippen MR) is 80.1 cm³/mol. The molecule has 0 radical (unpaired) electrons. The van der Waals surface area contributed by atoms with Gasteiger partial charge in [0.15, 0.2) is 0 Å². The van der Waals surface area contributed by atoms with E-state index in [1.165, 1.54) is 41.2 Å². The molecule has 2 aromatic rings. The fourth-order valence-corrected chi connectivity index (χ4v) is 3.97. The first-order chi connectivity index (χ1) is 10.1. The van der Waals surface area contributed by atoms with E-state index in [2.05, 4.69) is 0 Å². The summed E-state index contributed by atoms with van der Waals surface area (Å²) in [5.74, 6) is -2.07. The van der Waals surface area contributed by atoms with Crippen LogP contribution in [0.1, 0.15) is 50.5 Å². The van der Waals surface area contributed by atoms with Gasteiger partial charge in [-0.3, -0.25) is 4.79 Å². The smallest absolute Gasteiger partial charge is 0.208 e. The van der Waals surface area contributed by atoms with Crippen molar-refractivity contribution in [3.8, 4) is 0 Å². The second kappa shape index (κ2) is 5.68. The highest BCUT2D eigenvalue weighted by molar-refractivity contribution is 7.14. The zero-order valence-corrected chi connectivity index (χ0v) is 12.7. The summed E-state index contributed by atoms with van der Waals surface area (Å²) >= 11 is 1.39. The van der Waals surface area contributed by atoms with Gasteiger partial charge in [0.05, 0.1) is 10.4 Å². The maximum Gasteiger partial charge on any atom is 0.208 e. The van der Waals surface area contributed by atoms with Crippen LogP contribution in [-0.4, -0.2) is 5.78 Å². The molecule has 0 bridgehead atoms. The Bertz CT molecular complexity index is 680. The Morgan fingerprint density at radius 3 is 2.71 bits per heavy atom. The third-order valence-electron chi connectivity index (χ3n) is 3.98. The summed E-state index contributed by atoms with van der Waals surface area (Å²) < 4.78 is 27.9. The van der Waals surface area contributed by atoms with E-state index in [0.29, 0.717) is 4.88 Å². The summed E-state index contributed by atoms with van der Waals surface area (Å²) in [6.07, 6.45) is 5.36. The van der Waals surface area contributed by atoms with Crippen LogP contribution in [0.25, 0.3) is 0 Å². The van der Waals surface area contributed by atoms with Gasteiger partial charge < -0.3 is 0 Å². The summed E-state index contributed by atoms with van der Waals surface area (Å²) in [7, 11) is 0. The Hall–Kier alpha value is -1.55. The lowest BCUT2D eigenvalue weighted by Crippen LogP contribution is -2.07. The van der Waals surface area contributed by atoms with Crippen molar-refractivity contribution in [3.63, 3.8) is 0 Å². The monoisotopic (exact) mass is 306 g/mol. The first-order valence-electron chi connectivity index (χ1n) is 7.19. The highest BCUT2D eigenvalue weighted by Crippen LogP contribution is 2.31. The zero-order valence-electron chi connectivity index (χ0n) is 11.8. The summed E-state index contributed by atoms with van der Waals surface area (Å²) in [5.41, 5.74) is 1.04. The van der Waals surface area contributed by atoms with Crippen LogP contribution >= 0.6 is 11.3 Å². The molecule has 1 aromatic carbocycles. The second-order valence-electron chi connectivity index (χ2n) is 5.50. The summed E-state index contributed by atoms with van der Waals surface area (Å²) in [6, 6.07) is 4.34. The topological polar surface area (TPSA) is 17.1 Å². The Balaban J connectivity index is 2.02. The van der Waals surface area contributed by atoms with Crippen molar-refractivity contribution < 1.29 is 13.6 Å². The quantitative estimate of drug-likeness (QED) is 0.573. The Morgan fingerprint density at radius 1 is 1.14 bits per heavy atom. The van der Waals surface area contributed by atoms with Crippen molar-refractivity contribution in [1.82, 2.24) is 0 Å². The number of aryl methyl sites for hydroxylation is 3. The molecule has 0 saturated carbocycles. The number of ketones is 1. The Morgan fingerprint density at radius 2 is 1.90 bits per heavy atom. The van der Waals surface area contributed by atoms with E-state index in [9.17, 15) is 13.6 Å². The van der Waals surface area contributed by atoms with E-state index in [-0.39, 0.29) is 5.56 Å². The highest BCUT2D eigenvalue weighted by Gasteiger charge is 2.23. The zero-order chi connectivity index (χ0) is 15.0. The van der Waals surface area contributed by atoms with E-state index in [1.54, 1.807) is 0 Å². The predicted octanol–water partition coefficient (Wildman–Crippen LogP) is 4.83. The van der Waals surface area contributed by atoms with Crippen LogP contribution in [0.5, 0.6) is 0 Å². The van der Waals surface area contributed by atoms with Crippen molar-refractivity contribution in [3.05, 3.63) is 56.3 Å². The number of benzene rings is 1. The maximum atomic E-state index is 14.1. The third-order valence-corrected chi connectivity index (χ3v) is 5.22. The van der Waals surface area contributed by atoms with Gasteiger partial charge >= 0.3 is 0 Å². The molecular formula is C17H16F2OS. The van der Waals surface area contributed by atoms with Gasteiger partial charge in [0, 0.05) is 4.88 Å². The van der Waals surface area contributed by atoms with Gasteiger partial charge in [-0.15, -0.1) is 11.3 Å². The van der Waals surface area contributed by atoms with Gasteiger partial charge in [0.25, 0.3) is 0 Å². The van der Waals surface area contributed by atoms with Gasteiger partial charge in [-0.05, 0) is 55.9 Å². The van der Waals surface area contributed by atoms with Crippen LogP contribution in [0.15, 0.2) is 18.2 Å². The van der Waals surface area contributed by atoms with Crippen LogP contribution in [0.2, 0.25) is 0 Å². The van der Waals surface area contributed by atoms with E-state index in [0.717, 1.165) is 31.7 Å². The molecule has 0 fully saturated rings. The number of thiophene rings is 1. The largest absolute Gasteiger partial charge is 0.287 e. The lowest BCUT2D eigenvalue weighted by molar-refractivity contribution is 0.103. The molecule has 3 rings (SSSR count). The molecule has 0 saturated heterocycles. The van der Waals surface area contributed by atoms with E-state index in [4.69, 9.17) is 0 Å². The van der Waals surface area contributed by atoms with Gasteiger partial charge in [0.1, 0.15) is 11.6 Å². The molecule has 110 valence electrons. The molecule has 1 heterocycles. The minimum absolute atomic E-state index is 0.290. The average Bonchev–Trinajstić information content (AvgIpc) is 2.74. The van der Waals surface area contributed by atoms with E-state index in [1.807, 2.05) is 6.07 Å². The van der Waals surface area contributed by atoms with Crippen LogP contribution in [0.4, 0.5) is 8.78 Å². The average molecular weight is 306 g/mol. The number of carbonyl (C=O) groups is 1.